The lowest BCUT2D eigenvalue weighted by Crippen LogP contribution is -2.25. The summed E-state index contributed by atoms with van der Waals surface area (Å²) in [5, 5.41) is 2.88. The van der Waals surface area contributed by atoms with Crippen molar-refractivity contribution in [2.45, 2.75) is 12.1 Å². The first kappa shape index (κ1) is 23.5. The second-order valence-electron chi connectivity index (χ2n) is 7.66. The summed E-state index contributed by atoms with van der Waals surface area (Å²) < 4.78 is 33.3. The molecule has 0 unspecified atom stereocenters. The van der Waals surface area contributed by atoms with E-state index < -0.39 is 21.5 Å². The Hall–Kier alpha value is -3.62. The van der Waals surface area contributed by atoms with Crippen molar-refractivity contribution < 1.29 is 17.9 Å². The van der Waals surface area contributed by atoms with E-state index in [4.69, 9.17) is 16.3 Å². The SMILES string of the molecule is COc1ccc(-c2cn(-c3ccc(C)cc3)c(S(=O)(=O)CC(=O)Nc3ccc(Cl)cc3)n2)cc1. The molecule has 0 bridgehead atoms. The number of ether oxygens (including phenoxy) is 1. The Morgan fingerprint density at radius 1 is 1.00 bits per heavy atom. The Morgan fingerprint density at radius 3 is 2.26 bits per heavy atom. The van der Waals surface area contributed by atoms with Crippen LogP contribution < -0.4 is 10.1 Å². The number of anilines is 1. The number of carbonyl (C=O) groups is 1. The number of hydrogen-bond acceptors (Lipinski definition) is 5. The summed E-state index contributed by atoms with van der Waals surface area (Å²) in [6.07, 6.45) is 1.65. The van der Waals surface area contributed by atoms with E-state index >= 15 is 0 Å². The van der Waals surface area contributed by atoms with E-state index in [9.17, 15) is 13.2 Å². The summed E-state index contributed by atoms with van der Waals surface area (Å²) in [4.78, 5) is 17.0. The van der Waals surface area contributed by atoms with Gasteiger partial charge in [0.05, 0.1) is 12.8 Å². The molecule has 9 heteroatoms. The fourth-order valence-corrected chi connectivity index (χ4v) is 4.71. The van der Waals surface area contributed by atoms with Gasteiger partial charge in [-0.1, -0.05) is 29.3 Å². The van der Waals surface area contributed by atoms with E-state index in [0.29, 0.717) is 33.4 Å². The highest BCUT2D eigenvalue weighted by molar-refractivity contribution is 7.92. The minimum Gasteiger partial charge on any atom is -0.497 e. The molecule has 174 valence electrons. The number of amides is 1. The number of carbonyl (C=O) groups excluding carboxylic acids is 1. The number of halogens is 1. The Labute approximate surface area is 202 Å². The van der Waals surface area contributed by atoms with Crippen LogP contribution in [-0.4, -0.2) is 36.7 Å². The molecule has 0 fully saturated rings. The molecular weight excluding hydrogens is 474 g/mol. The summed E-state index contributed by atoms with van der Waals surface area (Å²) >= 11 is 5.86. The molecule has 7 nitrogen and oxygen atoms in total. The van der Waals surface area contributed by atoms with Crippen LogP contribution in [-0.2, 0) is 14.6 Å². The predicted octanol–water partition coefficient (Wildman–Crippen LogP) is 4.92. The van der Waals surface area contributed by atoms with Gasteiger partial charge in [0.1, 0.15) is 11.5 Å². The molecule has 0 spiro atoms. The molecule has 3 aromatic carbocycles. The van der Waals surface area contributed by atoms with E-state index in [2.05, 4.69) is 10.3 Å². The summed E-state index contributed by atoms with van der Waals surface area (Å²) in [5.74, 6) is -0.763. The van der Waals surface area contributed by atoms with Crippen molar-refractivity contribution in [1.82, 2.24) is 9.55 Å². The number of benzene rings is 3. The molecule has 0 aliphatic heterocycles. The zero-order valence-corrected chi connectivity index (χ0v) is 20.1. The van der Waals surface area contributed by atoms with Crippen LogP contribution in [0.2, 0.25) is 5.02 Å². The van der Waals surface area contributed by atoms with Gasteiger partial charge in [0.25, 0.3) is 0 Å². The van der Waals surface area contributed by atoms with E-state index in [1.807, 2.05) is 31.2 Å². The largest absolute Gasteiger partial charge is 0.497 e. The highest BCUT2D eigenvalue weighted by Gasteiger charge is 2.27. The number of imidazole rings is 1. The lowest BCUT2D eigenvalue weighted by molar-refractivity contribution is -0.113. The van der Waals surface area contributed by atoms with Crippen molar-refractivity contribution in [3.8, 4) is 22.7 Å². The first-order valence-corrected chi connectivity index (χ1v) is 12.4. The molecule has 0 aliphatic rings. The Kier molecular flexibility index (Phi) is 6.72. The number of nitrogens with zero attached hydrogens (tertiary/aromatic N) is 2. The normalized spacial score (nSPS) is 11.3. The monoisotopic (exact) mass is 495 g/mol. The van der Waals surface area contributed by atoms with Crippen molar-refractivity contribution in [2.24, 2.45) is 0 Å². The van der Waals surface area contributed by atoms with Crippen molar-refractivity contribution in [3.05, 3.63) is 89.6 Å². The average Bonchev–Trinajstić information content (AvgIpc) is 3.27. The molecule has 4 rings (SSSR count). The molecule has 34 heavy (non-hydrogen) atoms. The van der Waals surface area contributed by atoms with Crippen LogP contribution in [0.4, 0.5) is 5.69 Å². The van der Waals surface area contributed by atoms with Gasteiger partial charge in [0, 0.05) is 28.2 Å². The highest BCUT2D eigenvalue weighted by Crippen LogP contribution is 2.26. The number of aryl methyl sites for hydroxylation is 1. The van der Waals surface area contributed by atoms with Crippen LogP contribution in [0.15, 0.2) is 84.1 Å². The maximum atomic E-state index is 13.3. The Morgan fingerprint density at radius 2 is 1.65 bits per heavy atom. The third-order valence-electron chi connectivity index (χ3n) is 5.10. The molecule has 0 aliphatic carbocycles. The van der Waals surface area contributed by atoms with Gasteiger partial charge in [-0.3, -0.25) is 9.36 Å². The molecule has 1 N–H and O–H groups in total. The average molecular weight is 496 g/mol. The smallest absolute Gasteiger partial charge is 0.240 e. The summed E-state index contributed by atoms with van der Waals surface area (Å²) in [5.41, 5.74) is 3.28. The van der Waals surface area contributed by atoms with Crippen LogP contribution in [0, 0.1) is 6.92 Å². The molecule has 4 aromatic rings. The number of hydrogen-bond donors (Lipinski definition) is 1. The quantitative estimate of drug-likeness (QED) is 0.393. The Balaban J connectivity index is 1.70. The van der Waals surface area contributed by atoms with Crippen LogP contribution in [0.3, 0.4) is 0 Å². The topological polar surface area (TPSA) is 90.3 Å². The number of sulfone groups is 1. The third kappa shape index (κ3) is 5.30. The number of aromatic nitrogens is 2. The summed E-state index contributed by atoms with van der Waals surface area (Å²) in [6, 6.07) is 20.9. The molecule has 1 aromatic heterocycles. The molecule has 0 saturated heterocycles. The van der Waals surface area contributed by atoms with Crippen molar-refractivity contribution in [1.29, 1.82) is 0 Å². The predicted molar refractivity (Wildman–Crippen MR) is 132 cm³/mol. The van der Waals surface area contributed by atoms with E-state index in [1.165, 1.54) is 4.57 Å². The van der Waals surface area contributed by atoms with E-state index in [1.54, 1.807) is 61.8 Å². The molecule has 0 radical (unpaired) electrons. The van der Waals surface area contributed by atoms with Crippen molar-refractivity contribution >= 4 is 33.0 Å². The molecule has 1 heterocycles. The zero-order valence-electron chi connectivity index (χ0n) is 18.5. The van der Waals surface area contributed by atoms with Gasteiger partial charge in [-0.25, -0.2) is 13.4 Å². The first-order chi connectivity index (χ1) is 16.2. The van der Waals surface area contributed by atoms with Gasteiger partial charge in [-0.15, -0.1) is 0 Å². The zero-order chi connectivity index (χ0) is 24.3. The standard InChI is InChI=1S/C25H22ClN3O4S/c1-17-3-11-21(12-4-17)29-15-23(18-5-13-22(33-2)14-6-18)28-25(29)34(31,32)16-24(30)27-20-9-7-19(26)8-10-20/h3-15H,16H2,1-2H3,(H,27,30). The number of nitrogens with one attached hydrogen (secondary N) is 1. The highest BCUT2D eigenvalue weighted by atomic mass is 35.5. The fourth-order valence-electron chi connectivity index (χ4n) is 3.34. The van der Waals surface area contributed by atoms with Crippen molar-refractivity contribution in [3.63, 3.8) is 0 Å². The van der Waals surface area contributed by atoms with Crippen LogP contribution >= 0.6 is 11.6 Å². The van der Waals surface area contributed by atoms with Gasteiger partial charge in [-0.2, -0.15) is 0 Å². The van der Waals surface area contributed by atoms with Gasteiger partial charge in [0.2, 0.25) is 20.9 Å². The fraction of sp³-hybridized carbons (Fsp3) is 0.120. The van der Waals surface area contributed by atoms with Gasteiger partial charge in [-0.05, 0) is 67.6 Å². The molecular formula is C25H22ClN3O4S. The maximum absolute atomic E-state index is 13.3. The molecule has 1 amide bonds. The van der Waals surface area contributed by atoms with Crippen LogP contribution in [0.1, 0.15) is 5.56 Å². The second kappa shape index (κ2) is 9.70. The van der Waals surface area contributed by atoms with Crippen molar-refractivity contribution in [2.75, 3.05) is 18.2 Å². The molecule has 0 saturated carbocycles. The summed E-state index contributed by atoms with van der Waals surface area (Å²) in [7, 11) is -2.52. The van der Waals surface area contributed by atoms with Gasteiger partial charge < -0.3 is 10.1 Å². The van der Waals surface area contributed by atoms with Gasteiger partial charge >= 0.3 is 0 Å². The minimum atomic E-state index is -4.09. The Bertz CT molecular complexity index is 1410. The number of rotatable bonds is 7. The summed E-state index contributed by atoms with van der Waals surface area (Å²) in [6.45, 7) is 1.94. The van der Waals surface area contributed by atoms with E-state index in [-0.39, 0.29) is 5.16 Å². The second-order valence-corrected chi connectivity index (χ2v) is 9.98. The minimum absolute atomic E-state index is 0.214. The number of methoxy groups -OCH3 is 1. The van der Waals surface area contributed by atoms with Crippen LogP contribution in [0.25, 0.3) is 16.9 Å². The first-order valence-electron chi connectivity index (χ1n) is 10.3. The maximum Gasteiger partial charge on any atom is 0.240 e. The van der Waals surface area contributed by atoms with E-state index in [0.717, 1.165) is 5.56 Å². The van der Waals surface area contributed by atoms with Gasteiger partial charge in [0.15, 0.2) is 0 Å². The lowest BCUT2D eigenvalue weighted by atomic mass is 10.1. The van der Waals surface area contributed by atoms with Crippen LogP contribution in [0.5, 0.6) is 5.75 Å². The molecule has 0 atom stereocenters. The third-order valence-corrected chi connectivity index (χ3v) is 6.84. The lowest BCUT2D eigenvalue weighted by Gasteiger charge is -2.09.